The molecule has 0 saturated heterocycles. The van der Waals surface area contributed by atoms with Crippen molar-refractivity contribution in [2.75, 3.05) is 5.43 Å². The number of rotatable bonds is 5. The third kappa shape index (κ3) is 4.11. The van der Waals surface area contributed by atoms with Crippen molar-refractivity contribution >= 4 is 33.5 Å². The number of nitrogens with zero attached hydrogens (tertiary/aromatic N) is 4. The van der Waals surface area contributed by atoms with Crippen molar-refractivity contribution in [1.29, 1.82) is 0 Å². The fourth-order valence-electron chi connectivity index (χ4n) is 3.61. The molecule has 0 radical (unpaired) electrons. The molecule has 5 rings (SSSR count). The molecule has 33 heavy (non-hydrogen) atoms. The predicted molar refractivity (Wildman–Crippen MR) is 131 cm³/mol. The summed E-state index contributed by atoms with van der Waals surface area (Å²) in [5, 5.41) is 4.81. The highest BCUT2D eigenvalue weighted by atomic mass is 32.1. The van der Waals surface area contributed by atoms with Gasteiger partial charge in [-0.1, -0.05) is 48.5 Å². The maximum Gasteiger partial charge on any atom is 0.281 e. The molecule has 162 valence electrons. The number of para-hydroxylation sites is 1. The standard InChI is InChI=1S/C25H19N5O2S/c1-17-22(19-8-4-2-5-9-19)23-24(33-17)26-16-30(25(23)32)28-21(31)13-12-18-14-27-29(15-18)20-10-6-3-7-11-20/h2-16H,1H3,(H,28,31)/b13-12+. The molecule has 0 unspecified atom stereocenters. The average molecular weight is 454 g/mol. The van der Waals surface area contributed by atoms with Gasteiger partial charge in [-0.25, -0.2) is 14.3 Å². The minimum Gasteiger partial charge on any atom is -0.268 e. The second-order valence-corrected chi connectivity index (χ2v) is 8.57. The molecular weight excluding hydrogens is 434 g/mol. The zero-order valence-corrected chi connectivity index (χ0v) is 18.5. The van der Waals surface area contributed by atoms with E-state index in [0.29, 0.717) is 10.2 Å². The Morgan fingerprint density at radius 3 is 2.55 bits per heavy atom. The molecule has 3 aromatic heterocycles. The van der Waals surface area contributed by atoms with Crippen molar-refractivity contribution < 1.29 is 4.79 Å². The number of hydrogen-bond donors (Lipinski definition) is 1. The lowest BCUT2D eigenvalue weighted by Crippen LogP contribution is -2.32. The maximum atomic E-state index is 13.2. The van der Waals surface area contributed by atoms with E-state index in [0.717, 1.165) is 31.9 Å². The molecule has 0 fully saturated rings. The molecular formula is C25H19N5O2S. The van der Waals surface area contributed by atoms with Crippen molar-refractivity contribution in [2.24, 2.45) is 0 Å². The minimum absolute atomic E-state index is 0.318. The summed E-state index contributed by atoms with van der Waals surface area (Å²) in [7, 11) is 0. The molecule has 0 atom stereocenters. The van der Waals surface area contributed by atoms with E-state index in [9.17, 15) is 9.59 Å². The van der Waals surface area contributed by atoms with Crippen LogP contribution in [0.1, 0.15) is 10.4 Å². The fourth-order valence-corrected chi connectivity index (χ4v) is 4.61. The van der Waals surface area contributed by atoms with Gasteiger partial charge in [-0.3, -0.25) is 15.0 Å². The van der Waals surface area contributed by atoms with E-state index in [-0.39, 0.29) is 5.56 Å². The fraction of sp³-hybridized carbons (Fsp3) is 0.0400. The molecule has 0 bridgehead atoms. The second kappa shape index (κ2) is 8.68. The van der Waals surface area contributed by atoms with Crippen LogP contribution in [0.3, 0.4) is 0 Å². The summed E-state index contributed by atoms with van der Waals surface area (Å²) in [6, 6.07) is 19.4. The number of nitrogens with one attached hydrogen (secondary N) is 1. The molecule has 3 heterocycles. The van der Waals surface area contributed by atoms with Crippen molar-refractivity contribution in [1.82, 2.24) is 19.4 Å². The second-order valence-electron chi connectivity index (χ2n) is 7.36. The number of aryl methyl sites for hydroxylation is 1. The molecule has 0 aliphatic heterocycles. The van der Waals surface area contributed by atoms with Crippen LogP contribution < -0.4 is 11.0 Å². The van der Waals surface area contributed by atoms with E-state index in [1.807, 2.05) is 73.8 Å². The molecule has 0 spiro atoms. The van der Waals surface area contributed by atoms with Crippen molar-refractivity contribution in [3.8, 4) is 16.8 Å². The Balaban J connectivity index is 1.39. The van der Waals surface area contributed by atoms with Crippen molar-refractivity contribution in [3.05, 3.63) is 106 Å². The number of thiophene rings is 1. The first-order chi connectivity index (χ1) is 16.1. The lowest BCUT2D eigenvalue weighted by molar-refractivity contribution is -0.112. The topological polar surface area (TPSA) is 81.8 Å². The molecule has 8 heteroatoms. The van der Waals surface area contributed by atoms with E-state index in [1.54, 1.807) is 17.0 Å². The zero-order chi connectivity index (χ0) is 22.8. The van der Waals surface area contributed by atoms with Crippen LogP contribution in [-0.4, -0.2) is 25.3 Å². The highest BCUT2D eigenvalue weighted by Crippen LogP contribution is 2.35. The number of aromatic nitrogens is 4. The lowest BCUT2D eigenvalue weighted by Gasteiger charge is -2.06. The Hall–Kier alpha value is -4.30. The number of hydrogen-bond acceptors (Lipinski definition) is 5. The number of carbonyl (C=O) groups is 1. The van der Waals surface area contributed by atoms with Gasteiger partial charge in [0.2, 0.25) is 0 Å². The quantitative estimate of drug-likeness (QED) is 0.400. The summed E-state index contributed by atoms with van der Waals surface area (Å²) in [4.78, 5) is 31.7. The van der Waals surface area contributed by atoms with Crippen LogP contribution >= 0.6 is 11.3 Å². The monoisotopic (exact) mass is 453 g/mol. The summed E-state index contributed by atoms with van der Waals surface area (Å²) in [5.41, 5.74) is 5.75. The first-order valence-corrected chi connectivity index (χ1v) is 11.1. The van der Waals surface area contributed by atoms with Crippen LogP contribution in [0.25, 0.3) is 33.1 Å². The molecule has 0 saturated carbocycles. The third-order valence-corrected chi connectivity index (χ3v) is 6.15. The van der Waals surface area contributed by atoms with Crippen molar-refractivity contribution in [2.45, 2.75) is 6.92 Å². The SMILES string of the molecule is Cc1sc2ncn(NC(=O)/C=C/c3cnn(-c4ccccc4)c3)c(=O)c2c1-c1ccccc1. The Kier molecular flexibility index (Phi) is 5.42. The molecule has 1 N–H and O–H groups in total. The van der Waals surface area contributed by atoms with E-state index in [1.165, 1.54) is 23.7 Å². The van der Waals surface area contributed by atoms with Crippen LogP contribution in [0.15, 0.2) is 90.3 Å². The first-order valence-electron chi connectivity index (χ1n) is 10.3. The number of fused-ring (bicyclic) bond motifs is 1. The van der Waals surface area contributed by atoms with Crippen LogP contribution in [0.4, 0.5) is 0 Å². The van der Waals surface area contributed by atoms with E-state index in [2.05, 4.69) is 15.5 Å². The van der Waals surface area contributed by atoms with Gasteiger partial charge in [-0.2, -0.15) is 5.10 Å². The molecule has 7 nitrogen and oxygen atoms in total. The summed E-state index contributed by atoms with van der Waals surface area (Å²) < 4.78 is 2.85. The van der Waals surface area contributed by atoms with Crippen LogP contribution in [0, 0.1) is 6.92 Å². The van der Waals surface area contributed by atoms with Gasteiger partial charge in [0, 0.05) is 28.3 Å². The number of amides is 1. The summed E-state index contributed by atoms with van der Waals surface area (Å²) in [5.74, 6) is -0.445. The Morgan fingerprint density at radius 1 is 1.06 bits per heavy atom. The Bertz CT molecular complexity index is 1530. The van der Waals surface area contributed by atoms with Gasteiger partial charge < -0.3 is 0 Å². The van der Waals surface area contributed by atoms with Gasteiger partial charge in [0.25, 0.3) is 11.5 Å². The summed E-state index contributed by atoms with van der Waals surface area (Å²) in [6.07, 6.45) is 7.83. The molecule has 1 amide bonds. The van der Waals surface area contributed by atoms with Crippen LogP contribution in [-0.2, 0) is 4.79 Å². The largest absolute Gasteiger partial charge is 0.281 e. The van der Waals surface area contributed by atoms with Gasteiger partial charge in [0.15, 0.2) is 0 Å². The summed E-state index contributed by atoms with van der Waals surface area (Å²) in [6.45, 7) is 1.97. The van der Waals surface area contributed by atoms with Gasteiger partial charge in [-0.05, 0) is 30.7 Å². The van der Waals surface area contributed by atoms with Crippen LogP contribution in [0.2, 0.25) is 0 Å². The molecule has 0 aliphatic carbocycles. The van der Waals surface area contributed by atoms with E-state index >= 15 is 0 Å². The number of benzene rings is 2. The van der Waals surface area contributed by atoms with Crippen LogP contribution in [0.5, 0.6) is 0 Å². The summed E-state index contributed by atoms with van der Waals surface area (Å²) >= 11 is 1.46. The average Bonchev–Trinajstić information content (AvgIpc) is 3.45. The highest BCUT2D eigenvalue weighted by molar-refractivity contribution is 7.19. The molecule has 5 aromatic rings. The van der Waals surface area contributed by atoms with Gasteiger partial charge in [-0.15, -0.1) is 11.3 Å². The van der Waals surface area contributed by atoms with E-state index < -0.39 is 5.91 Å². The van der Waals surface area contributed by atoms with Gasteiger partial charge >= 0.3 is 0 Å². The number of carbonyl (C=O) groups excluding carboxylic acids is 1. The first kappa shape index (κ1) is 20.6. The van der Waals surface area contributed by atoms with Gasteiger partial charge in [0.1, 0.15) is 11.2 Å². The van der Waals surface area contributed by atoms with Gasteiger partial charge in [0.05, 0.1) is 17.3 Å². The lowest BCUT2D eigenvalue weighted by atomic mass is 10.0. The normalized spacial score (nSPS) is 11.3. The Morgan fingerprint density at radius 2 is 1.79 bits per heavy atom. The minimum atomic E-state index is -0.445. The van der Waals surface area contributed by atoms with E-state index in [4.69, 9.17) is 0 Å². The molecule has 2 aromatic carbocycles. The highest BCUT2D eigenvalue weighted by Gasteiger charge is 2.17. The maximum absolute atomic E-state index is 13.2. The van der Waals surface area contributed by atoms with Crippen molar-refractivity contribution in [3.63, 3.8) is 0 Å². The Labute approximate surface area is 193 Å². The molecule has 0 aliphatic rings. The smallest absolute Gasteiger partial charge is 0.268 e. The predicted octanol–water partition coefficient (Wildman–Crippen LogP) is 4.40. The third-order valence-electron chi connectivity index (χ3n) is 5.13. The zero-order valence-electron chi connectivity index (χ0n) is 17.7.